The Morgan fingerprint density at radius 1 is 1.22 bits per heavy atom. The molecule has 0 bridgehead atoms. The summed E-state index contributed by atoms with van der Waals surface area (Å²) in [4.78, 5) is 15.5. The molecule has 2 rings (SSSR count). The van der Waals surface area contributed by atoms with E-state index in [4.69, 9.17) is 11.6 Å². The number of nitrogens with zero attached hydrogens (tertiary/aromatic N) is 1. The van der Waals surface area contributed by atoms with Gasteiger partial charge in [-0.2, -0.15) is 0 Å². The van der Waals surface area contributed by atoms with E-state index in [2.05, 4.69) is 9.72 Å². The summed E-state index contributed by atoms with van der Waals surface area (Å²) in [5, 5.41) is 10.2. The lowest BCUT2D eigenvalue weighted by atomic mass is 10.1. The van der Waals surface area contributed by atoms with Crippen LogP contribution >= 0.6 is 11.6 Å². The highest BCUT2D eigenvalue weighted by Crippen LogP contribution is 2.24. The molecule has 18 heavy (non-hydrogen) atoms. The Labute approximate surface area is 109 Å². The predicted molar refractivity (Wildman–Crippen MR) is 67.7 cm³/mol. The van der Waals surface area contributed by atoms with Crippen LogP contribution in [0.4, 0.5) is 0 Å². The van der Waals surface area contributed by atoms with E-state index in [9.17, 15) is 9.90 Å². The third kappa shape index (κ3) is 2.43. The molecule has 0 saturated carbocycles. The fourth-order valence-electron chi connectivity index (χ4n) is 1.48. The fraction of sp³-hybridized carbons (Fsp3) is 0.0769. The van der Waals surface area contributed by atoms with Gasteiger partial charge in [-0.3, -0.25) is 0 Å². The van der Waals surface area contributed by atoms with Crippen molar-refractivity contribution < 1.29 is 14.6 Å². The molecule has 5 heteroatoms. The number of halogens is 1. The number of ether oxygens (including phenoxy) is 1. The van der Waals surface area contributed by atoms with Crippen LogP contribution in [-0.2, 0) is 4.74 Å². The van der Waals surface area contributed by atoms with E-state index >= 15 is 0 Å². The van der Waals surface area contributed by atoms with Crippen molar-refractivity contribution >= 4 is 17.6 Å². The van der Waals surface area contributed by atoms with E-state index in [0.29, 0.717) is 10.7 Å². The third-order valence-electron chi connectivity index (χ3n) is 2.39. The minimum Gasteiger partial charge on any atom is -0.505 e. The molecular formula is C13H10ClNO3. The van der Waals surface area contributed by atoms with E-state index in [1.54, 1.807) is 30.3 Å². The molecule has 0 aliphatic heterocycles. The lowest BCUT2D eigenvalue weighted by Gasteiger charge is -2.05. The zero-order valence-corrected chi connectivity index (χ0v) is 10.3. The molecule has 0 unspecified atom stereocenters. The average molecular weight is 264 g/mol. The second-order valence-corrected chi connectivity index (χ2v) is 4.00. The van der Waals surface area contributed by atoms with Crippen molar-refractivity contribution in [3.05, 3.63) is 47.1 Å². The van der Waals surface area contributed by atoms with E-state index in [1.165, 1.54) is 13.2 Å². The van der Waals surface area contributed by atoms with Crippen LogP contribution in [0, 0.1) is 0 Å². The molecule has 0 fully saturated rings. The third-order valence-corrected chi connectivity index (χ3v) is 2.64. The molecule has 0 saturated heterocycles. The summed E-state index contributed by atoms with van der Waals surface area (Å²) in [5.41, 5.74) is 1.25. The molecule has 0 aliphatic carbocycles. The minimum absolute atomic E-state index is 0.107. The highest BCUT2D eigenvalue weighted by molar-refractivity contribution is 6.30. The van der Waals surface area contributed by atoms with Crippen LogP contribution in [0.15, 0.2) is 36.4 Å². The van der Waals surface area contributed by atoms with Crippen molar-refractivity contribution in [2.45, 2.75) is 0 Å². The van der Waals surface area contributed by atoms with Gasteiger partial charge in [0.05, 0.1) is 12.8 Å². The lowest BCUT2D eigenvalue weighted by molar-refractivity contribution is 0.0590. The number of carbonyl (C=O) groups is 1. The number of carbonyl (C=O) groups excluding carboxylic acids is 1. The fourth-order valence-corrected chi connectivity index (χ4v) is 1.61. The lowest BCUT2D eigenvalue weighted by Crippen LogP contribution is -2.05. The molecule has 4 nitrogen and oxygen atoms in total. The van der Waals surface area contributed by atoms with Crippen LogP contribution in [0.5, 0.6) is 5.75 Å². The number of aromatic nitrogens is 1. The Hall–Kier alpha value is -2.07. The van der Waals surface area contributed by atoms with E-state index in [-0.39, 0.29) is 11.4 Å². The number of benzene rings is 1. The molecular weight excluding hydrogens is 254 g/mol. The number of rotatable bonds is 2. The molecule has 1 N–H and O–H groups in total. The summed E-state index contributed by atoms with van der Waals surface area (Å²) in [6, 6.07) is 10.0. The zero-order valence-electron chi connectivity index (χ0n) is 9.55. The van der Waals surface area contributed by atoms with Gasteiger partial charge in [-0.1, -0.05) is 23.7 Å². The van der Waals surface area contributed by atoms with Gasteiger partial charge in [0, 0.05) is 10.6 Å². The molecule has 0 atom stereocenters. The molecule has 0 spiro atoms. The van der Waals surface area contributed by atoms with Gasteiger partial charge in [0.2, 0.25) is 0 Å². The largest absolute Gasteiger partial charge is 0.505 e. The smallest absolute Gasteiger partial charge is 0.360 e. The standard InChI is InChI=1S/C13H10ClNO3/c1-18-13(17)12-11(16)7-6-10(15-12)8-2-4-9(14)5-3-8/h2-7,16H,1H3. The molecule has 0 amide bonds. The topological polar surface area (TPSA) is 59.4 Å². The van der Waals surface area contributed by atoms with E-state index in [1.807, 2.05) is 0 Å². The molecule has 0 aliphatic rings. The van der Waals surface area contributed by atoms with Crippen LogP contribution in [0.1, 0.15) is 10.5 Å². The highest BCUT2D eigenvalue weighted by atomic mass is 35.5. The quantitative estimate of drug-likeness (QED) is 0.847. The molecule has 1 aromatic carbocycles. The van der Waals surface area contributed by atoms with Gasteiger partial charge in [0.15, 0.2) is 5.69 Å². The number of methoxy groups -OCH3 is 1. The van der Waals surface area contributed by atoms with Crippen LogP contribution in [-0.4, -0.2) is 23.2 Å². The first-order valence-electron chi connectivity index (χ1n) is 5.16. The monoisotopic (exact) mass is 263 g/mol. The van der Waals surface area contributed by atoms with Gasteiger partial charge in [-0.25, -0.2) is 9.78 Å². The van der Waals surface area contributed by atoms with Crippen molar-refractivity contribution in [3.8, 4) is 17.0 Å². The number of hydrogen-bond donors (Lipinski definition) is 1. The second kappa shape index (κ2) is 5.06. The number of esters is 1. The van der Waals surface area contributed by atoms with Crippen molar-refractivity contribution in [1.29, 1.82) is 0 Å². The van der Waals surface area contributed by atoms with Gasteiger partial charge in [-0.05, 0) is 24.3 Å². The van der Waals surface area contributed by atoms with Gasteiger partial charge >= 0.3 is 5.97 Å². The van der Waals surface area contributed by atoms with Gasteiger partial charge < -0.3 is 9.84 Å². The normalized spacial score (nSPS) is 10.1. The molecule has 1 heterocycles. The molecule has 1 aromatic heterocycles. The summed E-state index contributed by atoms with van der Waals surface area (Å²) < 4.78 is 4.54. The predicted octanol–water partition coefficient (Wildman–Crippen LogP) is 2.89. The SMILES string of the molecule is COC(=O)c1nc(-c2ccc(Cl)cc2)ccc1O. The second-order valence-electron chi connectivity index (χ2n) is 3.56. The Morgan fingerprint density at radius 3 is 2.50 bits per heavy atom. The number of hydrogen-bond acceptors (Lipinski definition) is 4. The molecule has 2 aromatic rings. The average Bonchev–Trinajstić information content (AvgIpc) is 2.39. The Bertz CT molecular complexity index is 581. The summed E-state index contributed by atoms with van der Waals surface area (Å²) in [6.07, 6.45) is 0. The van der Waals surface area contributed by atoms with Gasteiger partial charge in [-0.15, -0.1) is 0 Å². The van der Waals surface area contributed by atoms with Crippen molar-refractivity contribution in [1.82, 2.24) is 4.98 Å². The van der Waals surface area contributed by atoms with E-state index < -0.39 is 5.97 Å². The zero-order chi connectivity index (χ0) is 13.1. The Morgan fingerprint density at radius 2 is 1.89 bits per heavy atom. The van der Waals surface area contributed by atoms with Crippen molar-refractivity contribution in [2.75, 3.05) is 7.11 Å². The highest BCUT2D eigenvalue weighted by Gasteiger charge is 2.14. The minimum atomic E-state index is -0.677. The maximum Gasteiger partial charge on any atom is 0.360 e. The van der Waals surface area contributed by atoms with Gasteiger partial charge in [0.1, 0.15) is 5.75 Å². The van der Waals surface area contributed by atoms with Gasteiger partial charge in [0.25, 0.3) is 0 Å². The molecule has 92 valence electrons. The summed E-state index contributed by atoms with van der Waals surface area (Å²) in [6.45, 7) is 0. The van der Waals surface area contributed by atoms with Crippen LogP contribution in [0.2, 0.25) is 5.02 Å². The first-order valence-corrected chi connectivity index (χ1v) is 5.54. The number of aromatic hydroxyl groups is 1. The van der Waals surface area contributed by atoms with Crippen LogP contribution in [0.3, 0.4) is 0 Å². The summed E-state index contributed by atoms with van der Waals surface area (Å²) >= 11 is 5.79. The van der Waals surface area contributed by atoms with Crippen LogP contribution < -0.4 is 0 Å². The Kier molecular flexibility index (Phi) is 3.48. The maximum absolute atomic E-state index is 11.4. The summed E-state index contributed by atoms with van der Waals surface area (Å²) in [5.74, 6) is -0.886. The molecule has 0 radical (unpaired) electrons. The summed E-state index contributed by atoms with van der Waals surface area (Å²) in [7, 11) is 1.23. The van der Waals surface area contributed by atoms with Crippen molar-refractivity contribution in [2.24, 2.45) is 0 Å². The van der Waals surface area contributed by atoms with Crippen molar-refractivity contribution in [3.63, 3.8) is 0 Å². The first-order chi connectivity index (χ1) is 8.61. The first kappa shape index (κ1) is 12.4. The number of pyridine rings is 1. The Balaban J connectivity index is 2.46. The van der Waals surface area contributed by atoms with Crippen LogP contribution in [0.25, 0.3) is 11.3 Å². The maximum atomic E-state index is 11.4. The van der Waals surface area contributed by atoms with E-state index in [0.717, 1.165) is 5.56 Å².